The first-order valence-corrected chi connectivity index (χ1v) is 4.59. The van der Waals surface area contributed by atoms with Gasteiger partial charge in [-0.3, -0.25) is 0 Å². The molecule has 3 heteroatoms. The first-order valence-electron chi connectivity index (χ1n) is 3.12. The molecule has 0 unspecified atom stereocenters. The third kappa shape index (κ3) is 2.96. The molecule has 0 atom stereocenters. The molecular weight excluding hydrogens is 312 g/mol. The molecule has 0 saturated carbocycles. The number of furan rings is 1. The van der Waals surface area contributed by atoms with E-state index in [-0.39, 0.29) is 0 Å². The Kier molecular flexibility index (Phi) is 3.47. The molecule has 2 nitrogen and oxygen atoms in total. The van der Waals surface area contributed by atoms with Crippen molar-refractivity contribution in [2.24, 2.45) is 0 Å². The topological polar surface area (TPSA) is 22.4 Å². The maximum absolute atomic E-state index is 5.08. The van der Waals surface area contributed by atoms with Gasteiger partial charge in [0.15, 0.2) is 0 Å². The zero-order chi connectivity index (χ0) is 8.10. The summed E-state index contributed by atoms with van der Waals surface area (Å²) in [4.78, 5) is 0. The summed E-state index contributed by atoms with van der Waals surface area (Å²) in [5, 5.41) is 0. The Balaban J connectivity index is 2.55. The Bertz CT molecular complexity index is 249. The van der Waals surface area contributed by atoms with Crippen molar-refractivity contribution in [2.45, 2.75) is 0 Å². The van der Waals surface area contributed by atoms with Crippen molar-refractivity contribution < 1.29 is 28.5 Å². The summed E-state index contributed by atoms with van der Waals surface area (Å²) in [5.41, 5.74) is 0. The van der Waals surface area contributed by atoms with Crippen LogP contribution in [0.25, 0.3) is 6.08 Å². The van der Waals surface area contributed by atoms with Crippen LogP contribution in [-0.2, 0) is 24.1 Å². The van der Waals surface area contributed by atoms with E-state index in [4.69, 9.17) is 9.15 Å². The van der Waals surface area contributed by atoms with Crippen LogP contribution in [0.3, 0.4) is 0 Å². The van der Waals surface area contributed by atoms with Crippen LogP contribution in [0.1, 0.15) is 5.76 Å². The van der Waals surface area contributed by atoms with Gasteiger partial charge in [0.2, 0.25) is 0 Å². The normalized spacial score (nSPS) is 10.6. The number of rotatable bonds is 3. The molecule has 0 aliphatic rings. The van der Waals surface area contributed by atoms with Gasteiger partial charge in [-0.1, -0.05) is 0 Å². The van der Waals surface area contributed by atoms with Crippen molar-refractivity contribution in [3.05, 3.63) is 30.2 Å². The summed E-state index contributed by atoms with van der Waals surface area (Å²) in [7, 11) is 1.66. The second-order valence-electron chi connectivity index (χ2n) is 1.87. The van der Waals surface area contributed by atoms with Crippen molar-refractivity contribution in [1.82, 2.24) is 0 Å². The van der Waals surface area contributed by atoms with Gasteiger partial charge in [-0.25, -0.2) is 0 Å². The Morgan fingerprint density at radius 3 is 3.09 bits per heavy atom. The number of methoxy groups -OCH3 is 1. The van der Waals surface area contributed by atoms with Crippen LogP contribution < -0.4 is 0 Å². The molecule has 1 aromatic rings. The van der Waals surface area contributed by atoms with Crippen LogP contribution in [0.5, 0.6) is 0 Å². The van der Waals surface area contributed by atoms with E-state index in [0.717, 1.165) is 9.84 Å². The Morgan fingerprint density at radius 2 is 2.55 bits per heavy atom. The molecule has 58 valence electrons. The Hall–Kier alpha value is -0.462. The number of hydrogen-bond acceptors (Lipinski definition) is 2. The molecular formula is C8H8O2W. The average Bonchev–Trinajstić information content (AvgIpc) is 2.52. The first kappa shape index (κ1) is 8.63. The van der Waals surface area contributed by atoms with E-state index >= 15 is 0 Å². The van der Waals surface area contributed by atoms with Crippen LogP contribution in [0.4, 0.5) is 0 Å². The number of ether oxygens (including phenoxy) is 1. The van der Waals surface area contributed by atoms with E-state index in [0.29, 0.717) is 0 Å². The van der Waals surface area contributed by atoms with E-state index in [9.17, 15) is 0 Å². The second-order valence-corrected chi connectivity index (χ2v) is 3.32. The fourth-order valence-electron chi connectivity index (χ4n) is 0.604. The third-order valence-corrected chi connectivity index (χ3v) is 2.22. The molecule has 1 rings (SSSR count). The minimum atomic E-state index is 0.848. The minimum absolute atomic E-state index is 0.848. The van der Waals surface area contributed by atoms with Crippen molar-refractivity contribution in [3.8, 4) is 0 Å². The van der Waals surface area contributed by atoms with E-state index in [1.54, 1.807) is 13.4 Å². The molecule has 0 fully saturated rings. The first-order chi connectivity index (χ1) is 5.33. The third-order valence-electron chi connectivity index (χ3n) is 1.13. The van der Waals surface area contributed by atoms with E-state index < -0.39 is 0 Å². The van der Waals surface area contributed by atoms with Gasteiger partial charge in [0.05, 0.1) is 0 Å². The van der Waals surface area contributed by atoms with E-state index in [2.05, 4.69) is 0 Å². The van der Waals surface area contributed by atoms with Crippen LogP contribution in [0.15, 0.2) is 28.9 Å². The summed E-state index contributed by atoms with van der Waals surface area (Å²) in [6.45, 7) is 0. The fraction of sp³-hybridized carbons (Fsp3) is 0.125. The van der Waals surface area contributed by atoms with Crippen molar-refractivity contribution in [1.29, 1.82) is 0 Å². The summed E-state index contributed by atoms with van der Waals surface area (Å²) >= 11 is 1.31. The quantitative estimate of drug-likeness (QED) is 0.844. The molecule has 1 aromatic heterocycles. The molecule has 0 radical (unpaired) electrons. The SMILES string of the molecule is CO[C](=[W])/C=C/c1ccco1. The van der Waals surface area contributed by atoms with Gasteiger partial charge in [-0.15, -0.1) is 0 Å². The molecule has 0 bridgehead atoms. The van der Waals surface area contributed by atoms with Crippen LogP contribution in [-0.4, -0.2) is 11.2 Å². The predicted octanol–water partition coefficient (Wildman–Crippen LogP) is 1.62. The molecule has 1 heterocycles. The fourth-order valence-corrected chi connectivity index (χ4v) is 0.849. The van der Waals surface area contributed by atoms with Crippen LogP contribution in [0, 0.1) is 0 Å². The van der Waals surface area contributed by atoms with E-state index in [1.165, 1.54) is 19.4 Å². The summed E-state index contributed by atoms with van der Waals surface area (Å²) < 4.78 is 11.0. The van der Waals surface area contributed by atoms with Crippen molar-refractivity contribution >= 4 is 10.2 Å². The van der Waals surface area contributed by atoms with Crippen LogP contribution >= 0.6 is 0 Å². The van der Waals surface area contributed by atoms with Gasteiger partial charge in [0.25, 0.3) is 0 Å². The Morgan fingerprint density at radius 1 is 1.73 bits per heavy atom. The summed E-state index contributed by atoms with van der Waals surface area (Å²) in [6.07, 6.45) is 5.43. The van der Waals surface area contributed by atoms with Gasteiger partial charge >= 0.3 is 76.0 Å². The standard InChI is InChI=1S/C8H8O2.W/c1-9-6-2-4-8-5-3-7-10-8;/h2-5,7H,1H3;/b4-2+;. The monoisotopic (exact) mass is 320 g/mol. The Labute approximate surface area is 76.3 Å². The molecule has 0 aliphatic heterocycles. The molecule has 0 amide bonds. The zero-order valence-electron chi connectivity index (χ0n) is 6.11. The van der Waals surface area contributed by atoms with Gasteiger partial charge in [-0.05, 0) is 0 Å². The number of hydrogen-bond donors (Lipinski definition) is 0. The summed E-state index contributed by atoms with van der Waals surface area (Å²) in [5.74, 6) is 0.848. The second kappa shape index (κ2) is 4.42. The van der Waals surface area contributed by atoms with Crippen molar-refractivity contribution in [3.63, 3.8) is 0 Å². The van der Waals surface area contributed by atoms with Crippen LogP contribution in [0.2, 0.25) is 0 Å². The average molecular weight is 320 g/mol. The van der Waals surface area contributed by atoms with E-state index in [1.807, 2.05) is 24.3 Å². The molecule has 0 saturated heterocycles. The van der Waals surface area contributed by atoms with Gasteiger partial charge in [0, 0.05) is 0 Å². The van der Waals surface area contributed by atoms with Gasteiger partial charge in [-0.2, -0.15) is 0 Å². The van der Waals surface area contributed by atoms with Gasteiger partial charge in [0.1, 0.15) is 0 Å². The van der Waals surface area contributed by atoms with Gasteiger partial charge < -0.3 is 0 Å². The summed E-state index contributed by atoms with van der Waals surface area (Å²) in [6, 6.07) is 3.75. The predicted molar refractivity (Wildman–Crippen MR) is 39.8 cm³/mol. The maximum atomic E-state index is 5.08. The molecule has 11 heavy (non-hydrogen) atoms. The zero-order valence-corrected chi connectivity index (χ0v) is 9.04. The molecule has 0 spiro atoms. The molecule has 0 aromatic carbocycles. The molecule has 0 aliphatic carbocycles. The van der Waals surface area contributed by atoms with Crippen molar-refractivity contribution in [2.75, 3.05) is 7.11 Å². The molecule has 0 N–H and O–H groups in total.